The Morgan fingerprint density at radius 1 is 1.07 bits per heavy atom. The average Bonchev–Trinajstić information content (AvgIpc) is 2.60. The Morgan fingerprint density at radius 3 is 2.37 bits per heavy atom. The number of carbonyl (C=O) groups excluding carboxylic acids is 2. The number of amides is 2. The van der Waals surface area contributed by atoms with Crippen molar-refractivity contribution in [2.24, 2.45) is 0 Å². The van der Waals surface area contributed by atoms with Crippen molar-refractivity contribution in [2.45, 2.75) is 6.42 Å². The molecule has 0 spiro atoms. The zero-order chi connectivity index (χ0) is 19.7. The number of rotatable bonds is 9. The fourth-order valence-electron chi connectivity index (χ4n) is 2.59. The molecule has 2 amide bonds. The minimum atomic E-state index is -3.89. The van der Waals surface area contributed by atoms with E-state index >= 15 is 0 Å². The summed E-state index contributed by atoms with van der Waals surface area (Å²) in [5, 5.41) is 4.91. The molecule has 0 atom stereocenters. The van der Waals surface area contributed by atoms with E-state index in [1.807, 2.05) is 0 Å². The first-order valence-corrected chi connectivity index (χ1v) is 10.5. The van der Waals surface area contributed by atoms with Crippen molar-refractivity contribution < 1.29 is 27.1 Å². The van der Waals surface area contributed by atoms with E-state index in [4.69, 9.17) is 4.74 Å². The van der Waals surface area contributed by atoms with Gasteiger partial charge in [0.25, 0.3) is 0 Å². The number of nitrogens with one attached hydrogen (secondary N) is 2. The molecule has 2 rings (SSSR count). The van der Waals surface area contributed by atoms with E-state index in [0.29, 0.717) is 26.2 Å². The number of anilines is 1. The molecule has 1 aliphatic heterocycles. The number of morpholine rings is 1. The standard InChI is InChI=1S/C17H24FN3O5S/c18-14-2-4-15(5-3-14)20-17(23)13-27(24,25)12-16(22)19-6-1-7-21-8-10-26-11-9-21/h2-5H,1,6-13H2,(H,19,22)(H,20,23). The lowest BCUT2D eigenvalue weighted by molar-refractivity contribution is -0.118. The summed E-state index contributed by atoms with van der Waals surface area (Å²) >= 11 is 0. The molecule has 1 saturated heterocycles. The zero-order valence-electron chi connectivity index (χ0n) is 14.9. The normalized spacial score (nSPS) is 15.3. The van der Waals surface area contributed by atoms with Crippen molar-refractivity contribution in [3.8, 4) is 0 Å². The largest absolute Gasteiger partial charge is 0.379 e. The third kappa shape index (κ3) is 8.46. The molecule has 1 aromatic rings. The Labute approximate surface area is 158 Å². The number of ether oxygens (including phenoxy) is 1. The molecule has 150 valence electrons. The fourth-order valence-corrected chi connectivity index (χ4v) is 3.66. The first-order valence-electron chi connectivity index (χ1n) is 8.67. The van der Waals surface area contributed by atoms with Crippen LogP contribution < -0.4 is 10.6 Å². The summed E-state index contributed by atoms with van der Waals surface area (Å²) in [6.07, 6.45) is 0.705. The predicted molar refractivity (Wildman–Crippen MR) is 98.6 cm³/mol. The second-order valence-corrected chi connectivity index (χ2v) is 8.31. The van der Waals surface area contributed by atoms with E-state index < -0.39 is 39.0 Å². The van der Waals surface area contributed by atoms with Crippen molar-refractivity contribution in [3.05, 3.63) is 30.1 Å². The van der Waals surface area contributed by atoms with Gasteiger partial charge in [-0.15, -0.1) is 0 Å². The second kappa shape index (κ2) is 10.3. The van der Waals surface area contributed by atoms with Gasteiger partial charge < -0.3 is 15.4 Å². The fraction of sp³-hybridized carbons (Fsp3) is 0.529. The molecule has 0 saturated carbocycles. The maximum absolute atomic E-state index is 12.8. The predicted octanol–water partition coefficient (Wildman–Crippen LogP) is 0.0175. The van der Waals surface area contributed by atoms with Gasteiger partial charge in [0.05, 0.1) is 13.2 Å². The highest BCUT2D eigenvalue weighted by Crippen LogP contribution is 2.08. The first-order chi connectivity index (χ1) is 12.8. The molecule has 27 heavy (non-hydrogen) atoms. The highest BCUT2D eigenvalue weighted by molar-refractivity contribution is 7.92. The van der Waals surface area contributed by atoms with Gasteiger partial charge in [-0.2, -0.15) is 0 Å². The summed E-state index contributed by atoms with van der Waals surface area (Å²) in [6, 6.07) is 4.94. The molecule has 0 aromatic heterocycles. The van der Waals surface area contributed by atoms with E-state index in [0.717, 1.165) is 31.8 Å². The highest BCUT2D eigenvalue weighted by Gasteiger charge is 2.21. The van der Waals surface area contributed by atoms with Crippen LogP contribution in [-0.2, 0) is 24.2 Å². The summed E-state index contributed by atoms with van der Waals surface area (Å²) in [5.74, 6) is -3.44. The Balaban J connectivity index is 1.66. The molecular weight excluding hydrogens is 377 g/mol. The Kier molecular flexibility index (Phi) is 8.14. The van der Waals surface area contributed by atoms with Crippen LogP contribution in [0.25, 0.3) is 0 Å². The van der Waals surface area contributed by atoms with Crippen LogP contribution in [-0.4, -0.2) is 76.0 Å². The van der Waals surface area contributed by atoms with Crippen LogP contribution in [0.2, 0.25) is 0 Å². The quantitative estimate of drug-likeness (QED) is 0.565. The number of sulfone groups is 1. The minimum Gasteiger partial charge on any atom is -0.379 e. The number of carbonyl (C=O) groups is 2. The zero-order valence-corrected chi connectivity index (χ0v) is 15.8. The number of halogens is 1. The van der Waals surface area contributed by atoms with Crippen LogP contribution in [0.3, 0.4) is 0 Å². The van der Waals surface area contributed by atoms with Crippen LogP contribution in [0.1, 0.15) is 6.42 Å². The van der Waals surface area contributed by atoms with Crippen molar-refractivity contribution in [2.75, 3.05) is 56.2 Å². The smallest absolute Gasteiger partial charge is 0.239 e. The van der Waals surface area contributed by atoms with Gasteiger partial charge in [0, 0.05) is 25.3 Å². The molecule has 10 heteroatoms. The summed E-state index contributed by atoms with van der Waals surface area (Å²) in [4.78, 5) is 25.8. The van der Waals surface area contributed by atoms with E-state index in [1.165, 1.54) is 12.1 Å². The summed E-state index contributed by atoms with van der Waals surface area (Å²) in [6.45, 7) is 4.27. The third-order valence-electron chi connectivity index (χ3n) is 3.91. The first kappa shape index (κ1) is 21.3. The molecule has 0 aliphatic carbocycles. The topological polar surface area (TPSA) is 105 Å². The lowest BCUT2D eigenvalue weighted by atomic mass is 10.3. The third-order valence-corrected chi connectivity index (χ3v) is 5.31. The van der Waals surface area contributed by atoms with Crippen molar-refractivity contribution in [1.29, 1.82) is 0 Å². The molecule has 1 heterocycles. The van der Waals surface area contributed by atoms with Gasteiger partial charge in [-0.1, -0.05) is 0 Å². The van der Waals surface area contributed by atoms with Gasteiger partial charge in [-0.05, 0) is 37.2 Å². The van der Waals surface area contributed by atoms with E-state index in [-0.39, 0.29) is 5.69 Å². The summed E-state index contributed by atoms with van der Waals surface area (Å²) < 4.78 is 42.0. The van der Waals surface area contributed by atoms with Gasteiger partial charge in [0.2, 0.25) is 11.8 Å². The molecule has 1 fully saturated rings. The molecule has 2 N–H and O–H groups in total. The number of benzene rings is 1. The van der Waals surface area contributed by atoms with Crippen LogP contribution in [0.15, 0.2) is 24.3 Å². The van der Waals surface area contributed by atoms with Crippen LogP contribution >= 0.6 is 0 Å². The SMILES string of the molecule is O=C(CS(=O)(=O)CC(=O)Nc1ccc(F)cc1)NCCCN1CCOCC1. The number of nitrogens with zero attached hydrogens (tertiary/aromatic N) is 1. The van der Waals surface area contributed by atoms with Crippen LogP contribution in [0.5, 0.6) is 0 Å². The molecule has 0 unspecified atom stereocenters. The molecule has 1 aromatic carbocycles. The molecule has 1 aliphatic rings. The van der Waals surface area contributed by atoms with Crippen LogP contribution in [0, 0.1) is 5.82 Å². The monoisotopic (exact) mass is 401 g/mol. The Bertz CT molecular complexity index is 733. The average molecular weight is 401 g/mol. The lowest BCUT2D eigenvalue weighted by Gasteiger charge is -2.26. The van der Waals surface area contributed by atoms with Crippen molar-refractivity contribution >= 4 is 27.3 Å². The summed E-state index contributed by atoms with van der Waals surface area (Å²) in [5.41, 5.74) is 0.282. The van der Waals surface area contributed by atoms with Crippen molar-refractivity contribution in [1.82, 2.24) is 10.2 Å². The number of hydrogen-bond donors (Lipinski definition) is 2. The Hall–Kier alpha value is -2.04. The van der Waals surface area contributed by atoms with Gasteiger partial charge in [0.15, 0.2) is 9.84 Å². The molecule has 0 bridgehead atoms. The van der Waals surface area contributed by atoms with Gasteiger partial charge in [0.1, 0.15) is 17.3 Å². The minimum absolute atomic E-state index is 0.282. The summed E-state index contributed by atoms with van der Waals surface area (Å²) in [7, 11) is -3.89. The van der Waals surface area contributed by atoms with E-state index in [9.17, 15) is 22.4 Å². The van der Waals surface area contributed by atoms with Crippen molar-refractivity contribution in [3.63, 3.8) is 0 Å². The van der Waals surface area contributed by atoms with Gasteiger partial charge in [-0.25, -0.2) is 12.8 Å². The van der Waals surface area contributed by atoms with Gasteiger partial charge >= 0.3 is 0 Å². The Morgan fingerprint density at radius 2 is 1.70 bits per heavy atom. The molecular formula is C17H24FN3O5S. The second-order valence-electron chi connectivity index (χ2n) is 6.24. The number of hydrogen-bond acceptors (Lipinski definition) is 6. The van der Waals surface area contributed by atoms with Gasteiger partial charge in [-0.3, -0.25) is 14.5 Å². The van der Waals surface area contributed by atoms with Crippen LogP contribution in [0.4, 0.5) is 10.1 Å². The van der Waals surface area contributed by atoms with E-state index in [2.05, 4.69) is 15.5 Å². The molecule has 0 radical (unpaired) electrons. The van der Waals surface area contributed by atoms with E-state index in [1.54, 1.807) is 0 Å². The lowest BCUT2D eigenvalue weighted by Crippen LogP contribution is -2.39. The maximum atomic E-state index is 12.8. The highest BCUT2D eigenvalue weighted by atomic mass is 32.2. The molecule has 8 nitrogen and oxygen atoms in total. The maximum Gasteiger partial charge on any atom is 0.239 e.